The summed E-state index contributed by atoms with van der Waals surface area (Å²) < 4.78 is 0. The van der Waals surface area contributed by atoms with Crippen molar-refractivity contribution in [2.75, 3.05) is 6.54 Å². The molecule has 0 radical (unpaired) electrons. The van der Waals surface area contributed by atoms with Gasteiger partial charge in [0.05, 0.1) is 16.6 Å². The Kier molecular flexibility index (Phi) is 4.96. The lowest BCUT2D eigenvalue weighted by atomic mass is 9.96. The second kappa shape index (κ2) is 6.72. The molecule has 1 heterocycles. The lowest BCUT2D eigenvalue weighted by Gasteiger charge is -2.22. The summed E-state index contributed by atoms with van der Waals surface area (Å²) in [6, 6.07) is 7.96. The van der Waals surface area contributed by atoms with Crippen molar-refractivity contribution < 1.29 is 4.79 Å². The maximum Gasteiger partial charge on any atom is 0.239 e. The number of fused-ring (bicyclic) bond motifs is 1. The van der Waals surface area contributed by atoms with Crippen molar-refractivity contribution >= 4 is 16.9 Å². The third kappa shape index (κ3) is 4.04. The molecule has 0 saturated carbocycles. The number of nitrogens with two attached hydrogens (primary N) is 1. The summed E-state index contributed by atoms with van der Waals surface area (Å²) in [6.07, 6.45) is 3.25. The standard InChI is InChI=1S/C16H24N4O/c1-3-10-16(2,17)15(21)18-11-6-9-14-19-12-7-4-5-8-13(12)20-14/h4-5,7-8H,3,6,9-11,17H2,1-2H3,(H,18,21)(H,19,20). The number of rotatable bonds is 7. The molecule has 0 bridgehead atoms. The Labute approximate surface area is 125 Å². The zero-order valence-corrected chi connectivity index (χ0v) is 12.8. The van der Waals surface area contributed by atoms with Crippen molar-refractivity contribution in [1.29, 1.82) is 0 Å². The number of para-hydroxylation sites is 2. The summed E-state index contributed by atoms with van der Waals surface area (Å²) in [5, 5.41) is 2.91. The highest BCUT2D eigenvalue weighted by molar-refractivity contribution is 5.85. The molecular weight excluding hydrogens is 264 g/mol. The monoisotopic (exact) mass is 288 g/mol. The van der Waals surface area contributed by atoms with E-state index < -0.39 is 5.54 Å². The first-order valence-electron chi connectivity index (χ1n) is 7.54. The van der Waals surface area contributed by atoms with Crippen LogP contribution in [0.1, 0.15) is 38.9 Å². The topological polar surface area (TPSA) is 83.8 Å². The average molecular weight is 288 g/mol. The molecule has 21 heavy (non-hydrogen) atoms. The van der Waals surface area contributed by atoms with E-state index in [0.29, 0.717) is 13.0 Å². The first-order chi connectivity index (χ1) is 10.0. The predicted molar refractivity (Wildman–Crippen MR) is 84.9 cm³/mol. The molecule has 2 aromatic rings. The van der Waals surface area contributed by atoms with Gasteiger partial charge < -0.3 is 16.0 Å². The highest BCUT2D eigenvalue weighted by Crippen LogP contribution is 2.11. The van der Waals surface area contributed by atoms with Crippen LogP contribution in [0.4, 0.5) is 0 Å². The second-order valence-corrected chi connectivity index (χ2v) is 5.73. The number of aromatic nitrogens is 2. The number of H-pyrrole nitrogens is 1. The number of benzene rings is 1. The lowest BCUT2D eigenvalue weighted by Crippen LogP contribution is -2.51. The Morgan fingerprint density at radius 1 is 1.43 bits per heavy atom. The van der Waals surface area contributed by atoms with Crippen molar-refractivity contribution in [3.8, 4) is 0 Å². The fourth-order valence-corrected chi connectivity index (χ4v) is 2.42. The van der Waals surface area contributed by atoms with Crippen LogP contribution in [0.15, 0.2) is 24.3 Å². The van der Waals surface area contributed by atoms with E-state index in [9.17, 15) is 4.79 Å². The van der Waals surface area contributed by atoms with Crippen LogP contribution in [0.2, 0.25) is 0 Å². The van der Waals surface area contributed by atoms with Crippen LogP contribution in [0, 0.1) is 0 Å². The molecule has 4 N–H and O–H groups in total. The number of hydrogen-bond donors (Lipinski definition) is 3. The van der Waals surface area contributed by atoms with Crippen LogP contribution < -0.4 is 11.1 Å². The highest BCUT2D eigenvalue weighted by atomic mass is 16.2. The third-order valence-corrected chi connectivity index (χ3v) is 3.60. The molecule has 0 saturated heterocycles. The first-order valence-corrected chi connectivity index (χ1v) is 7.54. The molecule has 1 aromatic carbocycles. The molecule has 0 spiro atoms. The summed E-state index contributed by atoms with van der Waals surface area (Å²) in [6.45, 7) is 4.43. The van der Waals surface area contributed by atoms with Crippen molar-refractivity contribution in [1.82, 2.24) is 15.3 Å². The van der Waals surface area contributed by atoms with Gasteiger partial charge in [-0.3, -0.25) is 4.79 Å². The van der Waals surface area contributed by atoms with Gasteiger partial charge in [0, 0.05) is 13.0 Å². The highest BCUT2D eigenvalue weighted by Gasteiger charge is 2.26. The fourth-order valence-electron chi connectivity index (χ4n) is 2.42. The molecule has 5 nitrogen and oxygen atoms in total. The van der Waals surface area contributed by atoms with Gasteiger partial charge in [-0.25, -0.2) is 4.98 Å². The van der Waals surface area contributed by atoms with Crippen LogP contribution in [-0.2, 0) is 11.2 Å². The van der Waals surface area contributed by atoms with Gasteiger partial charge in [0.25, 0.3) is 0 Å². The Morgan fingerprint density at radius 3 is 2.90 bits per heavy atom. The van der Waals surface area contributed by atoms with E-state index >= 15 is 0 Å². The Morgan fingerprint density at radius 2 is 2.19 bits per heavy atom. The molecule has 0 aliphatic heterocycles. The fraction of sp³-hybridized carbons (Fsp3) is 0.500. The van der Waals surface area contributed by atoms with Gasteiger partial charge >= 0.3 is 0 Å². The summed E-state index contributed by atoms with van der Waals surface area (Å²) in [4.78, 5) is 19.7. The molecule has 114 valence electrons. The van der Waals surface area contributed by atoms with Gasteiger partial charge in [0.2, 0.25) is 5.91 Å². The predicted octanol–water partition coefficient (Wildman–Crippen LogP) is 2.13. The SMILES string of the molecule is CCCC(C)(N)C(=O)NCCCc1nc2ccccc2[nH]1. The van der Waals surface area contributed by atoms with Crippen LogP contribution in [0.3, 0.4) is 0 Å². The van der Waals surface area contributed by atoms with Crippen molar-refractivity contribution in [3.63, 3.8) is 0 Å². The van der Waals surface area contributed by atoms with Crippen LogP contribution in [0.5, 0.6) is 0 Å². The number of nitrogens with one attached hydrogen (secondary N) is 2. The minimum Gasteiger partial charge on any atom is -0.355 e. The number of nitrogens with zero attached hydrogens (tertiary/aromatic N) is 1. The van der Waals surface area contributed by atoms with Crippen molar-refractivity contribution in [3.05, 3.63) is 30.1 Å². The van der Waals surface area contributed by atoms with Crippen LogP contribution in [-0.4, -0.2) is 28.0 Å². The van der Waals surface area contributed by atoms with Crippen molar-refractivity contribution in [2.24, 2.45) is 5.73 Å². The Balaban J connectivity index is 1.78. The number of amides is 1. The van der Waals surface area contributed by atoms with Gasteiger partial charge in [-0.2, -0.15) is 0 Å². The maximum absolute atomic E-state index is 11.9. The molecule has 0 aliphatic carbocycles. The second-order valence-electron chi connectivity index (χ2n) is 5.73. The molecule has 0 fully saturated rings. The van der Waals surface area contributed by atoms with Gasteiger partial charge in [0.1, 0.15) is 5.82 Å². The van der Waals surface area contributed by atoms with Crippen molar-refractivity contribution in [2.45, 2.75) is 45.1 Å². The van der Waals surface area contributed by atoms with Gasteiger partial charge in [-0.1, -0.05) is 25.5 Å². The smallest absolute Gasteiger partial charge is 0.239 e. The molecule has 1 unspecified atom stereocenters. The molecule has 1 amide bonds. The molecule has 2 rings (SSSR count). The largest absolute Gasteiger partial charge is 0.355 e. The summed E-state index contributed by atoms with van der Waals surface area (Å²) in [5.74, 6) is 0.878. The number of carbonyl (C=O) groups is 1. The van der Waals surface area contributed by atoms with E-state index in [4.69, 9.17) is 5.73 Å². The van der Waals surface area contributed by atoms with Crippen LogP contribution in [0.25, 0.3) is 11.0 Å². The van der Waals surface area contributed by atoms with E-state index in [0.717, 1.165) is 36.1 Å². The lowest BCUT2D eigenvalue weighted by molar-refractivity contribution is -0.126. The van der Waals surface area contributed by atoms with E-state index in [1.807, 2.05) is 31.2 Å². The quantitative estimate of drug-likeness (QED) is 0.682. The minimum atomic E-state index is -0.770. The van der Waals surface area contributed by atoms with Gasteiger partial charge in [-0.15, -0.1) is 0 Å². The van der Waals surface area contributed by atoms with Gasteiger partial charge in [-0.05, 0) is 31.9 Å². The number of imidazole rings is 1. The Bertz CT molecular complexity index is 570. The zero-order chi connectivity index (χ0) is 15.3. The summed E-state index contributed by atoms with van der Waals surface area (Å²) in [7, 11) is 0. The molecule has 5 heteroatoms. The molecule has 0 aliphatic rings. The number of hydrogen-bond acceptors (Lipinski definition) is 3. The molecular formula is C16H24N4O. The molecule has 1 aromatic heterocycles. The van der Waals surface area contributed by atoms with Gasteiger partial charge in [0.15, 0.2) is 0 Å². The minimum absolute atomic E-state index is 0.0750. The third-order valence-electron chi connectivity index (χ3n) is 3.60. The average Bonchev–Trinajstić information content (AvgIpc) is 2.85. The summed E-state index contributed by atoms with van der Waals surface area (Å²) in [5.41, 5.74) is 7.25. The zero-order valence-electron chi connectivity index (χ0n) is 12.8. The van der Waals surface area contributed by atoms with E-state index in [1.54, 1.807) is 6.92 Å². The number of aromatic amines is 1. The molecule has 1 atom stereocenters. The van der Waals surface area contributed by atoms with E-state index in [-0.39, 0.29) is 5.91 Å². The number of aryl methyl sites for hydroxylation is 1. The van der Waals surface area contributed by atoms with Crippen LogP contribution >= 0.6 is 0 Å². The Hall–Kier alpha value is -1.88. The van der Waals surface area contributed by atoms with E-state index in [2.05, 4.69) is 15.3 Å². The first kappa shape index (κ1) is 15.5. The number of carbonyl (C=O) groups excluding carboxylic acids is 1. The maximum atomic E-state index is 11.9. The normalized spacial score (nSPS) is 14.0. The van der Waals surface area contributed by atoms with E-state index in [1.165, 1.54) is 0 Å². The summed E-state index contributed by atoms with van der Waals surface area (Å²) >= 11 is 0.